The van der Waals surface area contributed by atoms with Gasteiger partial charge in [0.15, 0.2) is 0 Å². The van der Waals surface area contributed by atoms with Crippen LogP contribution in [-0.4, -0.2) is 12.1 Å². The van der Waals surface area contributed by atoms with Gasteiger partial charge in [-0.2, -0.15) is 22.0 Å². The molecule has 0 saturated heterocycles. The lowest BCUT2D eigenvalue weighted by Gasteiger charge is -2.30. The monoisotopic (exact) mass is 384 g/mol. The molecule has 8 heteroatoms. The van der Waals surface area contributed by atoms with E-state index in [9.17, 15) is 26.3 Å². The van der Waals surface area contributed by atoms with Gasteiger partial charge in [0.2, 0.25) is 0 Å². The highest BCUT2D eigenvalue weighted by Crippen LogP contribution is 2.55. The molecule has 0 spiro atoms. The van der Waals surface area contributed by atoms with E-state index in [2.05, 4.69) is 15.9 Å². The zero-order chi connectivity index (χ0) is 13.5. The summed E-state index contributed by atoms with van der Waals surface area (Å²) in [5, 5.41) is 0. The Labute approximate surface area is 109 Å². The van der Waals surface area contributed by atoms with E-state index in [1.54, 1.807) is 0 Å². The quantitative estimate of drug-likeness (QED) is 0.487. The van der Waals surface area contributed by atoms with E-state index >= 15 is 0 Å². The topological polar surface area (TPSA) is 0 Å². The minimum Gasteiger partial charge on any atom is -0.219 e. The van der Waals surface area contributed by atoms with E-state index in [4.69, 9.17) is 0 Å². The van der Waals surface area contributed by atoms with E-state index in [-0.39, 0.29) is 4.47 Å². The first-order valence-corrected chi connectivity index (χ1v) is 5.68. The molecule has 1 aromatic carbocycles. The van der Waals surface area contributed by atoms with Crippen LogP contribution in [0.1, 0.15) is 5.56 Å². The first-order chi connectivity index (χ1) is 7.52. The van der Waals surface area contributed by atoms with Crippen LogP contribution in [0.2, 0.25) is 0 Å². The van der Waals surface area contributed by atoms with Gasteiger partial charge in [-0.3, -0.25) is 0 Å². The molecule has 0 bridgehead atoms. The van der Waals surface area contributed by atoms with Gasteiger partial charge in [-0.15, -0.1) is 0 Å². The Morgan fingerprint density at radius 2 is 1.35 bits per heavy atom. The molecular formula is C9H4Br2F6. The van der Waals surface area contributed by atoms with E-state index in [0.29, 0.717) is 0 Å². The molecule has 1 aromatic rings. The first-order valence-electron chi connectivity index (χ1n) is 4.09. The maximum Gasteiger partial charge on any atom is 0.458 e. The minimum atomic E-state index is -6.00. The fourth-order valence-corrected chi connectivity index (χ4v) is 2.46. The molecular weight excluding hydrogens is 382 g/mol. The Kier molecular flexibility index (Phi) is 3.88. The molecule has 0 aliphatic rings. The predicted molar refractivity (Wildman–Crippen MR) is 56.9 cm³/mol. The molecule has 1 unspecified atom stereocenters. The van der Waals surface area contributed by atoms with Gasteiger partial charge in [0, 0.05) is 10.0 Å². The maximum atomic E-state index is 13.8. The molecule has 0 fully saturated rings. The first kappa shape index (κ1) is 14.8. The van der Waals surface area contributed by atoms with Crippen molar-refractivity contribution in [3.05, 3.63) is 34.3 Å². The fraction of sp³-hybridized carbons (Fsp3) is 0.333. The van der Waals surface area contributed by atoms with Crippen molar-refractivity contribution in [3.63, 3.8) is 0 Å². The highest BCUT2D eigenvalue weighted by atomic mass is 79.9. The predicted octanol–water partition coefficient (Wildman–Crippen LogP) is 5.16. The van der Waals surface area contributed by atoms with Crippen molar-refractivity contribution in [1.29, 1.82) is 0 Å². The van der Waals surface area contributed by atoms with Crippen LogP contribution in [0.5, 0.6) is 0 Å². The molecule has 0 aliphatic heterocycles. The lowest BCUT2D eigenvalue weighted by atomic mass is 10.0. The molecule has 0 aliphatic carbocycles. The van der Waals surface area contributed by atoms with Crippen molar-refractivity contribution in [2.45, 2.75) is 16.7 Å². The normalized spacial score (nSPS) is 16.7. The van der Waals surface area contributed by atoms with Crippen molar-refractivity contribution >= 4 is 31.9 Å². The van der Waals surface area contributed by atoms with Crippen LogP contribution in [0.25, 0.3) is 0 Å². The molecule has 0 saturated carbocycles. The van der Waals surface area contributed by atoms with Gasteiger partial charge in [-0.1, -0.05) is 34.1 Å². The van der Waals surface area contributed by atoms with Gasteiger partial charge in [0.05, 0.1) is 0 Å². The lowest BCUT2D eigenvalue weighted by molar-refractivity contribution is -0.311. The van der Waals surface area contributed by atoms with Gasteiger partial charge in [-0.05, 0) is 22.0 Å². The van der Waals surface area contributed by atoms with Gasteiger partial charge in [0.25, 0.3) is 4.58 Å². The van der Waals surface area contributed by atoms with Gasteiger partial charge in [-0.25, -0.2) is 4.39 Å². The van der Waals surface area contributed by atoms with E-state index < -0.39 is 22.2 Å². The Hall–Kier alpha value is -0.240. The Morgan fingerprint density at radius 3 is 1.76 bits per heavy atom. The largest absolute Gasteiger partial charge is 0.458 e. The van der Waals surface area contributed by atoms with Crippen molar-refractivity contribution in [2.75, 3.05) is 0 Å². The van der Waals surface area contributed by atoms with Crippen LogP contribution in [0.4, 0.5) is 26.3 Å². The van der Waals surface area contributed by atoms with Crippen LogP contribution in [0.15, 0.2) is 28.7 Å². The van der Waals surface area contributed by atoms with Crippen molar-refractivity contribution in [2.24, 2.45) is 0 Å². The third-order valence-corrected chi connectivity index (χ3v) is 3.58. The van der Waals surface area contributed by atoms with E-state index in [1.807, 2.05) is 15.9 Å². The third kappa shape index (κ3) is 2.47. The summed E-state index contributed by atoms with van der Waals surface area (Å²) in [6.45, 7) is 0. The Balaban J connectivity index is 3.34. The lowest BCUT2D eigenvalue weighted by Crippen LogP contribution is -2.49. The molecule has 17 heavy (non-hydrogen) atoms. The molecule has 0 N–H and O–H groups in total. The standard InChI is InChI=1S/C9H4Br2F6/c10-6-4-2-1-3-5(6)7(11,12)8(13,14)9(15,16)17/h1-4H. The van der Waals surface area contributed by atoms with E-state index in [0.717, 1.165) is 18.2 Å². The maximum absolute atomic E-state index is 13.8. The SMILES string of the molecule is FC(F)(F)C(F)(F)C(F)(Br)c1ccccc1Br. The molecule has 96 valence electrons. The van der Waals surface area contributed by atoms with Gasteiger partial charge in [0.1, 0.15) is 0 Å². The van der Waals surface area contributed by atoms with Gasteiger partial charge < -0.3 is 0 Å². The third-order valence-electron chi connectivity index (χ3n) is 1.96. The number of halogens is 8. The highest BCUT2D eigenvalue weighted by Gasteiger charge is 2.71. The van der Waals surface area contributed by atoms with E-state index in [1.165, 1.54) is 6.07 Å². The molecule has 0 radical (unpaired) electrons. The number of rotatable bonds is 2. The van der Waals surface area contributed by atoms with Crippen LogP contribution in [-0.2, 0) is 4.58 Å². The molecule has 1 rings (SSSR count). The van der Waals surface area contributed by atoms with Crippen molar-refractivity contribution in [3.8, 4) is 0 Å². The highest BCUT2D eigenvalue weighted by molar-refractivity contribution is 9.11. The summed E-state index contributed by atoms with van der Waals surface area (Å²) in [7, 11) is 0. The fourth-order valence-electron chi connectivity index (χ4n) is 1.06. The summed E-state index contributed by atoms with van der Waals surface area (Å²) >= 11 is 4.55. The Morgan fingerprint density at radius 1 is 0.882 bits per heavy atom. The average Bonchev–Trinajstić information content (AvgIpc) is 2.16. The Bertz CT molecular complexity index is 412. The number of benzene rings is 1. The van der Waals surface area contributed by atoms with Crippen LogP contribution in [0, 0.1) is 0 Å². The summed E-state index contributed by atoms with van der Waals surface area (Å²) in [4.78, 5) is 0. The van der Waals surface area contributed by atoms with Gasteiger partial charge >= 0.3 is 12.1 Å². The van der Waals surface area contributed by atoms with Crippen molar-refractivity contribution < 1.29 is 26.3 Å². The second kappa shape index (κ2) is 4.46. The zero-order valence-electron chi connectivity index (χ0n) is 7.83. The zero-order valence-corrected chi connectivity index (χ0v) is 11.0. The summed E-state index contributed by atoms with van der Waals surface area (Å²) in [6.07, 6.45) is -6.00. The number of hydrogen-bond acceptors (Lipinski definition) is 0. The van der Waals surface area contributed by atoms with Crippen molar-refractivity contribution in [1.82, 2.24) is 0 Å². The molecule has 1 atom stereocenters. The second-order valence-corrected chi connectivity index (χ2v) is 5.07. The molecule has 0 amide bonds. The summed E-state index contributed by atoms with van der Waals surface area (Å²) in [6, 6.07) is 4.51. The number of alkyl halides is 7. The molecule has 0 aromatic heterocycles. The minimum absolute atomic E-state index is 0.191. The van der Waals surface area contributed by atoms with Crippen LogP contribution in [0.3, 0.4) is 0 Å². The molecule has 0 heterocycles. The summed E-state index contributed by atoms with van der Waals surface area (Å²) in [5.74, 6) is -5.55. The second-order valence-electron chi connectivity index (χ2n) is 3.13. The average molecular weight is 386 g/mol. The molecule has 0 nitrogen and oxygen atoms in total. The van der Waals surface area contributed by atoms with Crippen LogP contribution < -0.4 is 0 Å². The number of hydrogen-bond donors (Lipinski definition) is 0. The summed E-state index contributed by atoms with van der Waals surface area (Å²) in [5.41, 5.74) is -0.831. The smallest absolute Gasteiger partial charge is 0.219 e. The summed E-state index contributed by atoms with van der Waals surface area (Å²) < 4.78 is 71.9. The van der Waals surface area contributed by atoms with Crippen LogP contribution >= 0.6 is 31.9 Å².